The van der Waals surface area contributed by atoms with Crippen molar-refractivity contribution in [2.24, 2.45) is 0 Å². The fourth-order valence-corrected chi connectivity index (χ4v) is 2.70. The standard InChI is InChI=1S/C17H16ClFN4OS/c1-11-21-22-17(25)23(11)20-9-12-2-6-15(7-3-12)24-10-13-4-5-14(19)8-16(13)18/h2-8,20H,9-10H2,1H3,(H,22,25). The number of benzene rings is 2. The molecular formula is C17H16ClFN4OS. The van der Waals surface area contributed by atoms with Crippen LogP contribution in [0.3, 0.4) is 0 Å². The Kier molecular flexibility index (Phi) is 5.35. The Hall–Kier alpha value is -2.38. The van der Waals surface area contributed by atoms with Crippen LogP contribution in [-0.2, 0) is 13.2 Å². The fourth-order valence-electron chi connectivity index (χ4n) is 2.24. The first-order valence-electron chi connectivity index (χ1n) is 7.56. The molecule has 8 heteroatoms. The van der Waals surface area contributed by atoms with Gasteiger partial charge in [0.05, 0.1) is 11.6 Å². The quantitative estimate of drug-likeness (QED) is 0.625. The number of hydrogen-bond acceptors (Lipinski definition) is 4. The van der Waals surface area contributed by atoms with Gasteiger partial charge in [-0.05, 0) is 49.0 Å². The number of aromatic amines is 1. The molecule has 3 rings (SSSR count). The second kappa shape index (κ2) is 7.67. The van der Waals surface area contributed by atoms with Gasteiger partial charge in [0.1, 0.15) is 24.0 Å². The summed E-state index contributed by atoms with van der Waals surface area (Å²) < 4.78 is 21.0. The van der Waals surface area contributed by atoms with Crippen LogP contribution in [-0.4, -0.2) is 14.9 Å². The van der Waals surface area contributed by atoms with Gasteiger partial charge in [0.15, 0.2) is 0 Å². The second-order valence-electron chi connectivity index (χ2n) is 5.41. The van der Waals surface area contributed by atoms with Gasteiger partial charge in [-0.2, -0.15) is 5.10 Å². The van der Waals surface area contributed by atoms with Crippen molar-refractivity contribution in [3.63, 3.8) is 0 Å². The molecule has 25 heavy (non-hydrogen) atoms. The molecule has 0 bridgehead atoms. The molecule has 2 aromatic carbocycles. The zero-order valence-electron chi connectivity index (χ0n) is 13.4. The maximum atomic E-state index is 13.0. The third-order valence-electron chi connectivity index (χ3n) is 3.61. The third kappa shape index (κ3) is 4.37. The van der Waals surface area contributed by atoms with Gasteiger partial charge in [-0.25, -0.2) is 9.07 Å². The first-order chi connectivity index (χ1) is 12.0. The average Bonchev–Trinajstić information content (AvgIpc) is 2.91. The summed E-state index contributed by atoms with van der Waals surface area (Å²) >= 11 is 11.1. The van der Waals surface area contributed by atoms with E-state index < -0.39 is 0 Å². The summed E-state index contributed by atoms with van der Waals surface area (Å²) in [4.78, 5) is 0. The fraction of sp³-hybridized carbons (Fsp3) is 0.176. The Morgan fingerprint density at radius 3 is 2.68 bits per heavy atom. The normalized spacial score (nSPS) is 10.7. The van der Waals surface area contributed by atoms with E-state index in [0.717, 1.165) is 17.0 Å². The van der Waals surface area contributed by atoms with Crippen LogP contribution in [0.15, 0.2) is 42.5 Å². The summed E-state index contributed by atoms with van der Waals surface area (Å²) in [6.45, 7) is 2.73. The van der Waals surface area contributed by atoms with Gasteiger partial charge in [0, 0.05) is 5.56 Å². The third-order valence-corrected chi connectivity index (χ3v) is 4.24. The van der Waals surface area contributed by atoms with Gasteiger partial charge in [-0.3, -0.25) is 5.10 Å². The highest BCUT2D eigenvalue weighted by Gasteiger charge is 2.04. The smallest absolute Gasteiger partial charge is 0.214 e. The van der Waals surface area contributed by atoms with E-state index in [2.05, 4.69) is 15.6 Å². The lowest BCUT2D eigenvalue weighted by molar-refractivity contribution is 0.306. The van der Waals surface area contributed by atoms with Gasteiger partial charge in [0.2, 0.25) is 4.77 Å². The zero-order chi connectivity index (χ0) is 17.8. The van der Waals surface area contributed by atoms with E-state index in [1.807, 2.05) is 31.2 Å². The van der Waals surface area contributed by atoms with Crippen molar-refractivity contribution in [3.05, 3.63) is 75.0 Å². The Labute approximate surface area is 154 Å². The van der Waals surface area contributed by atoms with Crippen molar-refractivity contribution in [2.45, 2.75) is 20.1 Å². The van der Waals surface area contributed by atoms with Crippen LogP contribution in [0, 0.1) is 17.5 Å². The molecule has 0 radical (unpaired) electrons. The maximum Gasteiger partial charge on any atom is 0.214 e. The molecule has 1 aromatic heterocycles. The van der Waals surface area contributed by atoms with Gasteiger partial charge in [-0.1, -0.05) is 29.8 Å². The number of aryl methyl sites for hydroxylation is 1. The molecule has 0 spiro atoms. The highest BCUT2D eigenvalue weighted by molar-refractivity contribution is 7.71. The Morgan fingerprint density at radius 2 is 2.04 bits per heavy atom. The summed E-state index contributed by atoms with van der Waals surface area (Å²) in [5, 5.41) is 7.11. The lowest BCUT2D eigenvalue weighted by atomic mass is 10.2. The molecule has 0 aliphatic carbocycles. The molecule has 0 saturated carbocycles. The molecule has 1 heterocycles. The minimum Gasteiger partial charge on any atom is -0.489 e. The van der Waals surface area contributed by atoms with Gasteiger partial charge >= 0.3 is 0 Å². The van der Waals surface area contributed by atoms with Gasteiger partial charge in [-0.15, -0.1) is 0 Å². The summed E-state index contributed by atoms with van der Waals surface area (Å²) in [5.41, 5.74) is 4.99. The summed E-state index contributed by atoms with van der Waals surface area (Å²) in [6.07, 6.45) is 0. The molecule has 5 nitrogen and oxygen atoms in total. The number of halogens is 2. The van der Waals surface area contributed by atoms with Crippen LogP contribution in [0.1, 0.15) is 17.0 Å². The number of nitrogens with one attached hydrogen (secondary N) is 2. The van der Waals surface area contributed by atoms with Crippen LogP contribution >= 0.6 is 23.8 Å². The first-order valence-corrected chi connectivity index (χ1v) is 8.35. The molecule has 0 fully saturated rings. The maximum absolute atomic E-state index is 13.0. The number of rotatable bonds is 6. The molecule has 2 N–H and O–H groups in total. The predicted octanol–water partition coefficient (Wildman–Crippen LogP) is 4.36. The Morgan fingerprint density at radius 1 is 1.28 bits per heavy atom. The molecule has 0 unspecified atom stereocenters. The molecule has 0 saturated heterocycles. The Bertz CT molecular complexity index is 923. The van der Waals surface area contributed by atoms with Crippen LogP contribution in [0.25, 0.3) is 0 Å². The minimum absolute atomic E-state index is 0.278. The Balaban J connectivity index is 1.57. The lowest BCUT2D eigenvalue weighted by Gasteiger charge is -2.10. The molecule has 0 atom stereocenters. The van der Waals surface area contributed by atoms with E-state index in [4.69, 9.17) is 28.6 Å². The van der Waals surface area contributed by atoms with Crippen LogP contribution in [0.5, 0.6) is 5.75 Å². The van der Waals surface area contributed by atoms with Crippen molar-refractivity contribution >= 4 is 23.8 Å². The highest BCUT2D eigenvalue weighted by Crippen LogP contribution is 2.20. The topological polar surface area (TPSA) is 54.9 Å². The average molecular weight is 379 g/mol. The van der Waals surface area contributed by atoms with Crippen LogP contribution in [0.4, 0.5) is 4.39 Å². The summed E-state index contributed by atoms with van der Waals surface area (Å²) in [5.74, 6) is 1.11. The number of nitrogens with zero attached hydrogens (tertiary/aromatic N) is 2. The van der Waals surface area contributed by atoms with Crippen molar-refractivity contribution in [1.29, 1.82) is 0 Å². The molecule has 0 aliphatic heterocycles. The van der Waals surface area contributed by atoms with E-state index in [1.54, 1.807) is 10.7 Å². The SMILES string of the molecule is Cc1n[nH]c(=S)n1NCc1ccc(OCc2ccc(F)cc2Cl)cc1. The van der Waals surface area contributed by atoms with Crippen molar-refractivity contribution < 1.29 is 9.13 Å². The second-order valence-corrected chi connectivity index (χ2v) is 6.21. The number of hydrogen-bond donors (Lipinski definition) is 2. The molecular weight excluding hydrogens is 363 g/mol. The molecule has 3 aromatic rings. The van der Waals surface area contributed by atoms with Crippen LogP contribution in [0.2, 0.25) is 5.02 Å². The highest BCUT2D eigenvalue weighted by atomic mass is 35.5. The van der Waals surface area contributed by atoms with Crippen molar-refractivity contribution in [2.75, 3.05) is 5.43 Å². The van der Waals surface area contributed by atoms with Crippen molar-refractivity contribution in [1.82, 2.24) is 14.9 Å². The largest absolute Gasteiger partial charge is 0.489 e. The predicted molar refractivity (Wildman–Crippen MR) is 97.4 cm³/mol. The first kappa shape index (κ1) is 17.4. The number of ether oxygens (including phenoxy) is 1. The number of aromatic nitrogens is 3. The van der Waals surface area contributed by atoms with E-state index in [1.165, 1.54) is 12.1 Å². The van der Waals surface area contributed by atoms with Gasteiger partial charge < -0.3 is 10.2 Å². The van der Waals surface area contributed by atoms with Crippen LogP contribution < -0.4 is 10.2 Å². The molecule has 130 valence electrons. The van der Waals surface area contributed by atoms with E-state index in [-0.39, 0.29) is 12.4 Å². The molecule has 0 amide bonds. The molecule has 0 aliphatic rings. The van der Waals surface area contributed by atoms with Crippen molar-refractivity contribution in [3.8, 4) is 5.75 Å². The monoisotopic (exact) mass is 378 g/mol. The summed E-state index contributed by atoms with van der Waals surface area (Å²) in [7, 11) is 0. The minimum atomic E-state index is -0.362. The number of H-pyrrole nitrogens is 1. The van der Waals surface area contributed by atoms with Gasteiger partial charge in [0.25, 0.3) is 0 Å². The summed E-state index contributed by atoms with van der Waals surface area (Å²) in [6, 6.07) is 11.9. The van der Waals surface area contributed by atoms with E-state index in [0.29, 0.717) is 22.1 Å². The van der Waals surface area contributed by atoms with E-state index in [9.17, 15) is 4.39 Å². The zero-order valence-corrected chi connectivity index (χ0v) is 15.0. The lowest BCUT2D eigenvalue weighted by Crippen LogP contribution is -2.15. The van der Waals surface area contributed by atoms with E-state index >= 15 is 0 Å².